The number of thiocarbonyl (C=S) groups is 1. The molecule has 0 spiro atoms. The van der Waals surface area contributed by atoms with Crippen molar-refractivity contribution in [3.8, 4) is 0 Å². The molecule has 8 heteroatoms. The van der Waals surface area contributed by atoms with Crippen LogP contribution in [0.1, 0.15) is 19.8 Å². The van der Waals surface area contributed by atoms with Gasteiger partial charge in [0.05, 0.1) is 4.99 Å². The van der Waals surface area contributed by atoms with Crippen molar-refractivity contribution in [3.05, 3.63) is 0 Å². The summed E-state index contributed by atoms with van der Waals surface area (Å²) in [7, 11) is 0. The molecule has 0 bridgehead atoms. The summed E-state index contributed by atoms with van der Waals surface area (Å²) < 4.78 is 35.3. The maximum absolute atomic E-state index is 11.8. The molecule has 1 atom stereocenters. The first-order valence-corrected chi connectivity index (χ1v) is 5.05. The summed E-state index contributed by atoms with van der Waals surface area (Å²) in [6.07, 6.45) is -3.61. The third-order valence-electron chi connectivity index (χ3n) is 1.72. The summed E-state index contributed by atoms with van der Waals surface area (Å²) in [5.41, 5.74) is 5.27. The fraction of sp³-hybridized carbons (Fsp3) is 0.750. The van der Waals surface area contributed by atoms with Gasteiger partial charge in [-0.2, -0.15) is 13.2 Å². The fourth-order valence-electron chi connectivity index (χ4n) is 0.957. The van der Waals surface area contributed by atoms with Crippen molar-refractivity contribution in [2.45, 2.75) is 32.0 Å². The van der Waals surface area contributed by atoms with Crippen LogP contribution in [0.15, 0.2) is 0 Å². The second kappa shape index (κ2) is 6.51. The summed E-state index contributed by atoms with van der Waals surface area (Å²) in [4.78, 5) is 11.2. The molecule has 0 heterocycles. The average molecular weight is 257 g/mol. The average Bonchev–Trinajstić information content (AvgIpc) is 2.12. The van der Waals surface area contributed by atoms with Crippen molar-refractivity contribution >= 4 is 23.2 Å². The van der Waals surface area contributed by atoms with Crippen LogP contribution < -0.4 is 16.4 Å². The number of urea groups is 1. The van der Waals surface area contributed by atoms with Crippen LogP contribution in [0.3, 0.4) is 0 Å². The number of hydrogen-bond donors (Lipinski definition) is 3. The number of carbonyl (C=O) groups excluding carboxylic acids is 1. The molecule has 0 aromatic heterocycles. The van der Waals surface area contributed by atoms with Crippen molar-refractivity contribution < 1.29 is 18.0 Å². The molecular formula is C8H14F3N3OS. The van der Waals surface area contributed by atoms with E-state index in [-0.39, 0.29) is 17.5 Å². The van der Waals surface area contributed by atoms with Gasteiger partial charge in [0.2, 0.25) is 0 Å². The van der Waals surface area contributed by atoms with Crippen LogP contribution in [0.4, 0.5) is 18.0 Å². The number of carbonyl (C=O) groups is 1. The molecule has 94 valence electrons. The van der Waals surface area contributed by atoms with Gasteiger partial charge < -0.3 is 16.4 Å². The molecule has 4 N–H and O–H groups in total. The first kappa shape index (κ1) is 14.9. The summed E-state index contributed by atoms with van der Waals surface area (Å²) in [5.74, 6) is 0. The largest absolute Gasteiger partial charge is 0.405 e. The highest BCUT2D eigenvalue weighted by molar-refractivity contribution is 7.80. The van der Waals surface area contributed by atoms with Crippen LogP contribution in [0.5, 0.6) is 0 Å². The van der Waals surface area contributed by atoms with Gasteiger partial charge >= 0.3 is 12.2 Å². The highest BCUT2D eigenvalue weighted by Gasteiger charge is 2.27. The summed E-state index contributed by atoms with van der Waals surface area (Å²) in [5, 5.41) is 4.05. The normalized spacial score (nSPS) is 13.0. The third-order valence-corrected chi connectivity index (χ3v) is 1.89. The Labute approximate surface area is 96.8 Å². The Kier molecular flexibility index (Phi) is 6.09. The number of nitrogens with one attached hydrogen (secondary N) is 2. The molecule has 16 heavy (non-hydrogen) atoms. The standard InChI is InChI=1S/C8H14F3N3OS/c1-2-5(3-6(12)16)14-7(15)13-4-8(9,10)11/h5H,2-4H2,1H3,(H2,12,16)(H2,13,14,15). The van der Waals surface area contributed by atoms with E-state index in [1.165, 1.54) is 0 Å². The number of nitrogens with two attached hydrogens (primary N) is 1. The van der Waals surface area contributed by atoms with E-state index >= 15 is 0 Å². The smallest absolute Gasteiger partial charge is 0.393 e. The number of alkyl halides is 3. The molecule has 0 aliphatic heterocycles. The molecule has 0 saturated heterocycles. The van der Waals surface area contributed by atoms with Crippen LogP contribution in [0.2, 0.25) is 0 Å². The Bertz CT molecular complexity index is 257. The number of hydrogen-bond acceptors (Lipinski definition) is 2. The van der Waals surface area contributed by atoms with Crippen LogP contribution >= 0.6 is 12.2 Å². The van der Waals surface area contributed by atoms with Crippen molar-refractivity contribution in [2.24, 2.45) is 5.73 Å². The molecule has 0 aromatic rings. The van der Waals surface area contributed by atoms with Gasteiger partial charge in [-0.25, -0.2) is 4.79 Å². The maximum atomic E-state index is 11.8. The molecule has 0 saturated carbocycles. The lowest BCUT2D eigenvalue weighted by Gasteiger charge is -2.17. The van der Waals surface area contributed by atoms with E-state index in [1.54, 1.807) is 12.2 Å². The topological polar surface area (TPSA) is 67.1 Å². The van der Waals surface area contributed by atoms with Gasteiger partial charge in [-0.05, 0) is 6.42 Å². The molecule has 0 aliphatic rings. The Morgan fingerprint density at radius 3 is 2.44 bits per heavy atom. The molecule has 0 radical (unpaired) electrons. The third kappa shape index (κ3) is 8.27. The second-order valence-electron chi connectivity index (χ2n) is 3.22. The molecular weight excluding hydrogens is 243 g/mol. The molecule has 2 amide bonds. The van der Waals surface area contributed by atoms with Crippen molar-refractivity contribution in [1.29, 1.82) is 0 Å². The van der Waals surface area contributed by atoms with E-state index in [0.717, 1.165) is 0 Å². The highest BCUT2D eigenvalue weighted by atomic mass is 32.1. The molecule has 0 aromatic carbocycles. The Hall–Kier alpha value is -1.05. The zero-order valence-corrected chi connectivity index (χ0v) is 9.54. The minimum atomic E-state index is -4.41. The quantitative estimate of drug-likeness (QED) is 0.650. The SMILES string of the molecule is CCC(CC(N)=S)NC(=O)NCC(F)(F)F. The zero-order chi connectivity index (χ0) is 12.8. The van der Waals surface area contributed by atoms with E-state index in [1.807, 2.05) is 0 Å². The van der Waals surface area contributed by atoms with Crippen molar-refractivity contribution in [3.63, 3.8) is 0 Å². The van der Waals surface area contributed by atoms with Gasteiger partial charge in [0.25, 0.3) is 0 Å². The van der Waals surface area contributed by atoms with E-state index in [9.17, 15) is 18.0 Å². The Balaban J connectivity index is 3.97. The zero-order valence-electron chi connectivity index (χ0n) is 8.73. The van der Waals surface area contributed by atoms with Gasteiger partial charge in [0.1, 0.15) is 6.54 Å². The van der Waals surface area contributed by atoms with Gasteiger partial charge in [0, 0.05) is 12.5 Å². The minimum Gasteiger partial charge on any atom is -0.393 e. The molecule has 0 aliphatic carbocycles. The maximum Gasteiger partial charge on any atom is 0.405 e. The highest BCUT2D eigenvalue weighted by Crippen LogP contribution is 2.12. The Morgan fingerprint density at radius 1 is 1.50 bits per heavy atom. The number of halogens is 3. The predicted molar refractivity (Wildman–Crippen MR) is 58.1 cm³/mol. The second-order valence-corrected chi connectivity index (χ2v) is 3.74. The van der Waals surface area contributed by atoms with Crippen LogP contribution in [-0.2, 0) is 0 Å². The first-order valence-electron chi connectivity index (χ1n) is 4.64. The summed E-state index contributed by atoms with van der Waals surface area (Å²) >= 11 is 4.64. The molecule has 0 fully saturated rings. The lowest BCUT2D eigenvalue weighted by Crippen LogP contribution is -2.46. The Morgan fingerprint density at radius 2 is 2.06 bits per heavy atom. The van der Waals surface area contributed by atoms with E-state index in [0.29, 0.717) is 6.42 Å². The summed E-state index contributed by atoms with van der Waals surface area (Å²) in [6, 6.07) is -1.22. The van der Waals surface area contributed by atoms with Gasteiger partial charge in [-0.3, -0.25) is 0 Å². The molecule has 1 unspecified atom stereocenters. The van der Waals surface area contributed by atoms with Crippen molar-refractivity contribution in [2.75, 3.05) is 6.54 Å². The van der Waals surface area contributed by atoms with Crippen molar-refractivity contribution in [1.82, 2.24) is 10.6 Å². The van der Waals surface area contributed by atoms with Crippen LogP contribution in [0, 0.1) is 0 Å². The molecule has 0 rings (SSSR count). The first-order chi connectivity index (χ1) is 7.24. The monoisotopic (exact) mass is 257 g/mol. The summed E-state index contributed by atoms with van der Waals surface area (Å²) in [6.45, 7) is 0.412. The van der Waals surface area contributed by atoms with Gasteiger partial charge in [0.15, 0.2) is 0 Å². The lowest BCUT2D eigenvalue weighted by atomic mass is 10.1. The fourth-order valence-corrected chi connectivity index (χ4v) is 1.16. The predicted octanol–water partition coefficient (Wildman–Crippen LogP) is 1.30. The van der Waals surface area contributed by atoms with E-state index < -0.39 is 18.8 Å². The van der Waals surface area contributed by atoms with E-state index in [2.05, 4.69) is 17.5 Å². The van der Waals surface area contributed by atoms with Gasteiger partial charge in [-0.1, -0.05) is 19.1 Å². The van der Waals surface area contributed by atoms with Gasteiger partial charge in [-0.15, -0.1) is 0 Å². The number of amides is 2. The van der Waals surface area contributed by atoms with Crippen LogP contribution in [-0.4, -0.2) is 29.8 Å². The number of rotatable bonds is 5. The van der Waals surface area contributed by atoms with E-state index in [4.69, 9.17) is 5.73 Å². The minimum absolute atomic E-state index is 0.211. The van der Waals surface area contributed by atoms with Crippen LogP contribution in [0.25, 0.3) is 0 Å². The molecule has 4 nitrogen and oxygen atoms in total. The lowest BCUT2D eigenvalue weighted by molar-refractivity contribution is -0.122.